The molecule has 0 saturated heterocycles. The molecular weight excluding hydrogens is 200 g/mol. The molecule has 0 atom stereocenters. The van der Waals surface area contributed by atoms with Gasteiger partial charge in [0.25, 0.3) is 0 Å². The highest BCUT2D eigenvalue weighted by molar-refractivity contribution is 6.16. The number of cyclic esters (lactones) is 2. The van der Waals surface area contributed by atoms with Gasteiger partial charge in [-0.1, -0.05) is 0 Å². The number of hydrogen-bond donors (Lipinski definition) is 1. The first-order chi connectivity index (χ1) is 7.00. The fourth-order valence-electron chi connectivity index (χ4n) is 1.53. The van der Waals surface area contributed by atoms with Crippen LogP contribution in [-0.2, 0) is 4.74 Å². The first-order valence-corrected chi connectivity index (χ1v) is 4.15. The molecule has 1 heterocycles. The maximum Gasteiger partial charge on any atom is 0.347 e. The number of aryl methyl sites for hydroxylation is 1. The van der Waals surface area contributed by atoms with Gasteiger partial charge in [-0.2, -0.15) is 0 Å². The zero-order chi connectivity index (χ0) is 11.2. The minimum Gasteiger partial charge on any atom is -0.478 e. The molecule has 1 aliphatic rings. The van der Waals surface area contributed by atoms with Gasteiger partial charge in [-0.05, 0) is 24.6 Å². The molecular formula is C10H6O5. The third kappa shape index (κ3) is 1.28. The van der Waals surface area contributed by atoms with E-state index in [2.05, 4.69) is 4.74 Å². The zero-order valence-corrected chi connectivity index (χ0v) is 7.73. The van der Waals surface area contributed by atoms with E-state index in [-0.39, 0.29) is 16.7 Å². The van der Waals surface area contributed by atoms with Crippen LogP contribution in [0.25, 0.3) is 0 Å². The van der Waals surface area contributed by atoms with E-state index < -0.39 is 17.9 Å². The van der Waals surface area contributed by atoms with Crippen molar-refractivity contribution in [2.75, 3.05) is 0 Å². The average Bonchev–Trinajstić information content (AvgIpc) is 2.42. The van der Waals surface area contributed by atoms with E-state index in [1.54, 1.807) is 6.92 Å². The largest absolute Gasteiger partial charge is 0.478 e. The van der Waals surface area contributed by atoms with Gasteiger partial charge in [0.15, 0.2) is 0 Å². The third-order valence-corrected chi connectivity index (χ3v) is 2.19. The van der Waals surface area contributed by atoms with Crippen molar-refractivity contribution in [3.8, 4) is 0 Å². The number of carbonyl (C=O) groups is 3. The van der Waals surface area contributed by atoms with Crippen molar-refractivity contribution in [3.05, 3.63) is 34.4 Å². The zero-order valence-electron chi connectivity index (χ0n) is 7.73. The number of benzene rings is 1. The summed E-state index contributed by atoms with van der Waals surface area (Å²) >= 11 is 0. The van der Waals surface area contributed by atoms with Crippen LogP contribution in [-0.4, -0.2) is 23.0 Å². The van der Waals surface area contributed by atoms with Crippen molar-refractivity contribution in [3.63, 3.8) is 0 Å². The summed E-state index contributed by atoms with van der Waals surface area (Å²) in [5.41, 5.74) is 0.584. The highest BCUT2D eigenvalue weighted by atomic mass is 16.6. The Labute approximate surface area is 84.3 Å². The molecule has 0 radical (unpaired) electrons. The van der Waals surface area contributed by atoms with Gasteiger partial charge in [0, 0.05) is 0 Å². The fraction of sp³-hybridized carbons (Fsp3) is 0.100. The van der Waals surface area contributed by atoms with Crippen LogP contribution in [0.15, 0.2) is 12.1 Å². The SMILES string of the molecule is Cc1cc(C(=O)O)cc2c1C(=O)OC2=O. The predicted octanol–water partition coefficient (Wildman–Crippen LogP) is 1.00. The minimum atomic E-state index is -1.15. The van der Waals surface area contributed by atoms with Gasteiger partial charge in [-0.3, -0.25) is 0 Å². The smallest absolute Gasteiger partial charge is 0.347 e. The fourth-order valence-corrected chi connectivity index (χ4v) is 1.53. The molecule has 1 aromatic carbocycles. The lowest BCUT2D eigenvalue weighted by Gasteiger charge is -2.00. The first-order valence-electron chi connectivity index (χ1n) is 4.15. The number of hydrogen-bond acceptors (Lipinski definition) is 4. The van der Waals surface area contributed by atoms with Crippen LogP contribution in [0.1, 0.15) is 36.6 Å². The van der Waals surface area contributed by atoms with Crippen LogP contribution in [0.2, 0.25) is 0 Å². The number of carboxylic acids is 1. The van der Waals surface area contributed by atoms with Crippen LogP contribution in [0.5, 0.6) is 0 Å². The molecule has 0 unspecified atom stereocenters. The Hall–Kier alpha value is -2.17. The molecule has 0 aliphatic carbocycles. The lowest BCUT2D eigenvalue weighted by molar-refractivity contribution is 0.0443. The summed E-state index contributed by atoms with van der Waals surface area (Å²) in [7, 11) is 0. The van der Waals surface area contributed by atoms with Crippen LogP contribution in [0, 0.1) is 6.92 Å². The molecule has 0 fully saturated rings. The van der Waals surface area contributed by atoms with Crippen LogP contribution in [0.4, 0.5) is 0 Å². The first kappa shape index (κ1) is 9.39. The molecule has 5 nitrogen and oxygen atoms in total. The van der Waals surface area contributed by atoms with Gasteiger partial charge in [-0.15, -0.1) is 0 Å². The number of carbonyl (C=O) groups excluding carboxylic acids is 2. The number of ether oxygens (including phenoxy) is 1. The summed E-state index contributed by atoms with van der Waals surface area (Å²) in [5, 5.41) is 8.76. The normalized spacial score (nSPS) is 13.7. The van der Waals surface area contributed by atoms with Crippen molar-refractivity contribution in [1.82, 2.24) is 0 Å². The number of esters is 2. The van der Waals surface area contributed by atoms with E-state index in [4.69, 9.17) is 5.11 Å². The maximum absolute atomic E-state index is 11.2. The molecule has 1 aliphatic heterocycles. The Morgan fingerprint density at radius 2 is 1.93 bits per heavy atom. The molecule has 15 heavy (non-hydrogen) atoms. The summed E-state index contributed by atoms with van der Waals surface area (Å²) in [4.78, 5) is 33.1. The summed E-state index contributed by atoms with van der Waals surface area (Å²) in [5.74, 6) is -2.65. The van der Waals surface area contributed by atoms with E-state index in [0.29, 0.717) is 5.56 Å². The Morgan fingerprint density at radius 1 is 1.27 bits per heavy atom. The van der Waals surface area contributed by atoms with E-state index in [1.807, 2.05) is 0 Å². The molecule has 0 bridgehead atoms. The second-order valence-electron chi connectivity index (χ2n) is 3.20. The van der Waals surface area contributed by atoms with E-state index in [0.717, 1.165) is 6.07 Å². The van der Waals surface area contributed by atoms with Crippen LogP contribution in [0.3, 0.4) is 0 Å². The molecule has 0 spiro atoms. The second-order valence-corrected chi connectivity index (χ2v) is 3.20. The minimum absolute atomic E-state index is 0.0254. The molecule has 0 amide bonds. The highest BCUT2D eigenvalue weighted by Gasteiger charge is 2.32. The molecule has 2 rings (SSSR count). The second kappa shape index (κ2) is 2.91. The Kier molecular flexibility index (Phi) is 1.82. The van der Waals surface area contributed by atoms with E-state index >= 15 is 0 Å². The van der Waals surface area contributed by atoms with Crippen LogP contribution >= 0.6 is 0 Å². The molecule has 1 N–H and O–H groups in total. The van der Waals surface area contributed by atoms with Gasteiger partial charge in [-0.25, -0.2) is 14.4 Å². The van der Waals surface area contributed by atoms with E-state index in [1.165, 1.54) is 6.07 Å². The number of aromatic carboxylic acids is 1. The molecule has 76 valence electrons. The van der Waals surface area contributed by atoms with Crippen molar-refractivity contribution >= 4 is 17.9 Å². The summed E-state index contributed by atoms with van der Waals surface area (Å²) < 4.78 is 4.38. The van der Waals surface area contributed by atoms with Crippen molar-refractivity contribution < 1.29 is 24.2 Å². The summed E-state index contributed by atoms with van der Waals surface area (Å²) in [6.07, 6.45) is 0. The highest BCUT2D eigenvalue weighted by Crippen LogP contribution is 2.24. The molecule has 0 aromatic heterocycles. The lowest BCUT2D eigenvalue weighted by atomic mass is 10.0. The van der Waals surface area contributed by atoms with Gasteiger partial charge in [0.1, 0.15) is 0 Å². The number of carboxylic acid groups (broad SMARTS) is 1. The summed E-state index contributed by atoms with van der Waals surface area (Å²) in [6.45, 7) is 1.56. The molecule has 1 aromatic rings. The monoisotopic (exact) mass is 206 g/mol. The average molecular weight is 206 g/mol. The number of fused-ring (bicyclic) bond motifs is 1. The van der Waals surface area contributed by atoms with E-state index in [9.17, 15) is 14.4 Å². The van der Waals surface area contributed by atoms with Crippen LogP contribution < -0.4 is 0 Å². The van der Waals surface area contributed by atoms with Crippen molar-refractivity contribution in [2.45, 2.75) is 6.92 Å². The van der Waals surface area contributed by atoms with Gasteiger partial charge < -0.3 is 9.84 Å². The van der Waals surface area contributed by atoms with Crippen molar-refractivity contribution in [2.24, 2.45) is 0 Å². The lowest BCUT2D eigenvalue weighted by Crippen LogP contribution is -2.02. The Bertz CT molecular complexity index is 501. The Morgan fingerprint density at radius 3 is 2.53 bits per heavy atom. The molecule has 0 saturated carbocycles. The van der Waals surface area contributed by atoms with Gasteiger partial charge >= 0.3 is 17.9 Å². The van der Waals surface area contributed by atoms with Gasteiger partial charge in [0.2, 0.25) is 0 Å². The van der Waals surface area contributed by atoms with Crippen molar-refractivity contribution in [1.29, 1.82) is 0 Å². The molecule has 5 heteroatoms. The maximum atomic E-state index is 11.2. The Balaban J connectivity index is 2.71. The quantitative estimate of drug-likeness (QED) is 0.547. The topological polar surface area (TPSA) is 80.7 Å². The standard InChI is InChI=1S/C10H6O5/c1-4-2-5(8(11)12)3-6-7(4)10(14)15-9(6)13/h2-3H,1H3,(H,11,12). The predicted molar refractivity (Wildman–Crippen MR) is 47.9 cm³/mol. The summed E-state index contributed by atoms with van der Waals surface area (Å²) in [6, 6.07) is 2.49. The van der Waals surface area contributed by atoms with Gasteiger partial charge in [0.05, 0.1) is 16.7 Å². The third-order valence-electron chi connectivity index (χ3n) is 2.19. The number of rotatable bonds is 1.